The highest BCUT2D eigenvalue weighted by Gasteiger charge is 2.24. The zero-order chi connectivity index (χ0) is 11.3. The standard InChI is InChI=1S/C14H18O/c1-4-8-13(14(2,3)15)11-12-9-6-5-7-10-12/h5-10,13,15H,1,11H2,2-3H3. The molecule has 0 heterocycles. The van der Waals surface area contributed by atoms with Crippen molar-refractivity contribution in [1.82, 2.24) is 0 Å². The lowest BCUT2D eigenvalue weighted by atomic mass is 9.85. The van der Waals surface area contributed by atoms with Gasteiger partial charge in [0.25, 0.3) is 0 Å². The summed E-state index contributed by atoms with van der Waals surface area (Å²) in [6.07, 6.45) is 2.65. The zero-order valence-electron chi connectivity index (χ0n) is 9.40. The van der Waals surface area contributed by atoms with Crippen LogP contribution in [0.4, 0.5) is 0 Å². The van der Waals surface area contributed by atoms with E-state index in [9.17, 15) is 5.11 Å². The summed E-state index contributed by atoms with van der Waals surface area (Å²) < 4.78 is 0. The first-order chi connectivity index (χ1) is 7.04. The Hall–Kier alpha value is -1.30. The highest BCUT2D eigenvalue weighted by Crippen LogP contribution is 2.22. The Morgan fingerprint density at radius 3 is 2.47 bits per heavy atom. The van der Waals surface area contributed by atoms with Crippen molar-refractivity contribution >= 4 is 0 Å². The van der Waals surface area contributed by atoms with E-state index in [2.05, 4.69) is 24.4 Å². The molecule has 0 spiro atoms. The molecule has 0 aliphatic rings. The minimum atomic E-state index is -0.736. The molecule has 15 heavy (non-hydrogen) atoms. The maximum Gasteiger partial charge on any atom is 0.0663 e. The molecule has 1 aromatic rings. The maximum atomic E-state index is 9.97. The lowest BCUT2D eigenvalue weighted by molar-refractivity contribution is 0.0372. The fourth-order valence-corrected chi connectivity index (χ4v) is 1.52. The third-order valence-electron chi connectivity index (χ3n) is 2.52. The van der Waals surface area contributed by atoms with Crippen molar-refractivity contribution in [3.8, 4) is 0 Å². The van der Waals surface area contributed by atoms with Crippen LogP contribution in [0, 0.1) is 5.92 Å². The van der Waals surface area contributed by atoms with Gasteiger partial charge in [0.2, 0.25) is 0 Å². The molecule has 0 aliphatic heterocycles. The second-order valence-electron chi connectivity index (χ2n) is 4.32. The van der Waals surface area contributed by atoms with Gasteiger partial charge in [-0.2, -0.15) is 0 Å². The van der Waals surface area contributed by atoms with Crippen LogP contribution in [0.3, 0.4) is 0 Å². The first-order valence-corrected chi connectivity index (χ1v) is 5.16. The minimum absolute atomic E-state index is 0.0531. The average molecular weight is 202 g/mol. The molecule has 80 valence electrons. The Kier molecular flexibility index (Phi) is 3.90. The smallest absolute Gasteiger partial charge is 0.0663 e. The van der Waals surface area contributed by atoms with Gasteiger partial charge in [-0.15, -0.1) is 5.73 Å². The van der Waals surface area contributed by atoms with Gasteiger partial charge in [0.1, 0.15) is 0 Å². The second-order valence-corrected chi connectivity index (χ2v) is 4.32. The average Bonchev–Trinajstić information content (AvgIpc) is 2.17. The van der Waals surface area contributed by atoms with Crippen LogP contribution in [-0.2, 0) is 6.42 Å². The lowest BCUT2D eigenvalue weighted by Crippen LogP contribution is -2.30. The van der Waals surface area contributed by atoms with Crippen LogP contribution in [0.2, 0.25) is 0 Å². The predicted molar refractivity (Wildman–Crippen MR) is 63.6 cm³/mol. The fraction of sp³-hybridized carbons (Fsp3) is 0.357. The molecule has 0 radical (unpaired) electrons. The first kappa shape index (κ1) is 11.8. The monoisotopic (exact) mass is 202 g/mol. The van der Waals surface area contributed by atoms with Crippen LogP contribution in [-0.4, -0.2) is 10.7 Å². The first-order valence-electron chi connectivity index (χ1n) is 5.16. The highest BCUT2D eigenvalue weighted by molar-refractivity contribution is 5.17. The van der Waals surface area contributed by atoms with E-state index in [0.717, 1.165) is 6.42 Å². The molecule has 1 atom stereocenters. The van der Waals surface area contributed by atoms with Gasteiger partial charge < -0.3 is 5.11 Å². The van der Waals surface area contributed by atoms with Gasteiger partial charge in [-0.1, -0.05) is 36.9 Å². The van der Waals surface area contributed by atoms with Gasteiger partial charge in [-0.3, -0.25) is 0 Å². The fourth-order valence-electron chi connectivity index (χ4n) is 1.52. The summed E-state index contributed by atoms with van der Waals surface area (Å²) in [5.74, 6) is 0.0531. The van der Waals surface area contributed by atoms with E-state index in [1.54, 1.807) is 0 Å². The van der Waals surface area contributed by atoms with Crippen molar-refractivity contribution in [3.63, 3.8) is 0 Å². The van der Waals surface area contributed by atoms with E-state index in [1.165, 1.54) is 5.56 Å². The van der Waals surface area contributed by atoms with Crippen LogP contribution in [0.25, 0.3) is 0 Å². The molecule has 0 saturated heterocycles. The summed E-state index contributed by atoms with van der Waals surface area (Å²) >= 11 is 0. The largest absolute Gasteiger partial charge is 0.390 e. The van der Waals surface area contributed by atoms with Crippen molar-refractivity contribution in [2.24, 2.45) is 5.92 Å². The van der Waals surface area contributed by atoms with Crippen LogP contribution < -0.4 is 0 Å². The van der Waals surface area contributed by atoms with Crippen LogP contribution >= 0.6 is 0 Å². The van der Waals surface area contributed by atoms with Gasteiger partial charge in [0.15, 0.2) is 0 Å². The summed E-state index contributed by atoms with van der Waals surface area (Å²) in [5.41, 5.74) is 3.24. The van der Waals surface area contributed by atoms with Crippen molar-refractivity contribution < 1.29 is 5.11 Å². The van der Waals surface area contributed by atoms with Crippen LogP contribution in [0.5, 0.6) is 0 Å². The van der Waals surface area contributed by atoms with Crippen LogP contribution in [0.15, 0.2) is 48.7 Å². The Morgan fingerprint density at radius 2 is 2.00 bits per heavy atom. The van der Waals surface area contributed by atoms with E-state index in [-0.39, 0.29) is 5.92 Å². The summed E-state index contributed by atoms with van der Waals surface area (Å²) in [6.45, 7) is 7.19. The van der Waals surface area contributed by atoms with Gasteiger partial charge in [0.05, 0.1) is 5.60 Å². The second kappa shape index (κ2) is 4.97. The van der Waals surface area contributed by atoms with E-state index in [0.29, 0.717) is 0 Å². The molecule has 1 N–H and O–H groups in total. The summed E-state index contributed by atoms with van der Waals surface area (Å²) in [4.78, 5) is 0. The molecule has 0 aromatic heterocycles. The number of hydrogen-bond acceptors (Lipinski definition) is 1. The highest BCUT2D eigenvalue weighted by atomic mass is 16.3. The Morgan fingerprint density at radius 1 is 1.40 bits per heavy atom. The lowest BCUT2D eigenvalue weighted by Gasteiger charge is -2.26. The SMILES string of the molecule is C=C=CC(Cc1ccccc1)C(C)(C)O. The number of aliphatic hydroxyl groups is 1. The molecule has 1 rings (SSSR count). The predicted octanol–water partition coefficient (Wildman–Crippen LogP) is 2.96. The summed E-state index contributed by atoms with van der Waals surface area (Å²) in [5, 5.41) is 9.97. The topological polar surface area (TPSA) is 20.2 Å². The molecule has 0 saturated carbocycles. The molecule has 0 fully saturated rings. The number of hydrogen-bond donors (Lipinski definition) is 1. The van der Waals surface area contributed by atoms with Crippen molar-refractivity contribution in [3.05, 3.63) is 54.3 Å². The van der Waals surface area contributed by atoms with Gasteiger partial charge in [-0.05, 0) is 31.9 Å². The molecule has 1 nitrogen and oxygen atoms in total. The van der Waals surface area contributed by atoms with Gasteiger partial charge in [-0.25, -0.2) is 0 Å². The van der Waals surface area contributed by atoms with E-state index >= 15 is 0 Å². The Balaban J connectivity index is 2.81. The van der Waals surface area contributed by atoms with E-state index in [1.807, 2.05) is 38.1 Å². The molecule has 1 heteroatoms. The van der Waals surface area contributed by atoms with E-state index < -0.39 is 5.60 Å². The van der Waals surface area contributed by atoms with Crippen LogP contribution in [0.1, 0.15) is 19.4 Å². The molecule has 1 aromatic carbocycles. The Bertz CT molecular complexity index is 339. The van der Waals surface area contributed by atoms with Crippen molar-refractivity contribution in [2.75, 3.05) is 0 Å². The summed E-state index contributed by atoms with van der Waals surface area (Å²) in [6, 6.07) is 10.1. The summed E-state index contributed by atoms with van der Waals surface area (Å²) in [7, 11) is 0. The van der Waals surface area contributed by atoms with Crippen molar-refractivity contribution in [2.45, 2.75) is 25.9 Å². The normalized spacial score (nSPS) is 13.0. The third kappa shape index (κ3) is 3.75. The molecule has 0 amide bonds. The number of benzene rings is 1. The molecule has 0 aliphatic carbocycles. The zero-order valence-corrected chi connectivity index (χ0v) is 9.40. The minimum Gasteiger partial charge on any atom is -0.390 e. The van der Waals surface area contributed by atoms with E-state index in [4.69, 9.17) is 0 Å². The molecule has 0 bridgehead atoms. The van der Waals surface area contributed by atoms with Gasteiger partial charge in [0, 0.05) is 5.92 Å². The Labute approximate surface area is 91.8 Å². The third-order valence-corrected chi connectivity index (χ3v) is 2.52. The number of rotatable bonds is 4. The molecule has 1 unspecified atom stereocenters. The molecular weight excluding hydrogens is 184 g/mol. The quantitative estimate of drug-likeness (QED) is 0.744. The maximum absolute atomic E-state index is 9.97. The van der Waals surface area contributed by atoms with Crippen molar-refractivity contribution in [1.29, 1.82) is 0 Å². The molecular formula is C14H18O. The van der Waals surface area contributed by atoms with Gasteiger partial charge >= 0.3 is 0 Å².